The van der Waals surface area contributed by atoms with Gasteiger partial charge in [-0.1, -0.05) is 0 Å². The summed E-state index contributed by atoms with van der Waals surface area (Å²) in [5, 5.41) is 7.38. The molecule has 0 aromatic carbocycles. The molecule has 1 aliphatic rings. The van der Waals surface area contributed by atoms with E-state index in [9.17, 15) is 4.79 Å². The number of hydrogen-bond acceptors (Lipinski definition) is 4. The van der Waals surface area contributed by atoms with Gasteiger partial charge in [-0.15, -0.1) is 12.4 Å². The number of aromatic nitrogens is 2. The summed E-state index contributed by atoms with van der Waals surface area (Å²) in [6, 6.07) is 1.78. The van der Waals surface area contributed by atoms with Crippen molar-refractivity contribution >= 4 is 18.4 Å². The summed E-state index contributed by atoms with van der Waals surface area (Å²) in [4.78, 5) is 11.3. The molecule has 0 atom stereocenters. The van der Waals surface area contributed by atoms with E-state index in [0.717, 1.165) is 25.3 Å². The molecule has 15 heavy (non-hydrogen) atoms. The molecule has 0 amide bonds. The molecule has 0 saturated carbocycles. The normalized spacial score (nSPS) is 13.9. The second-order valence-electron chi connectivity index (χ2n) is 3.14. The average molecular weight is 232 g/mol. The molecule has 5 nitrogen and oxygen atoms in total. The van der Waals surface area contributed by atoms with E-state index >= 15 is 0 Å². The molecule has 2 heterocycles. The van der Waals surface area contributed by atoms with Crippen LogP contribution in [0.1, 0.15) is 23.1 Å². The minimum atomic E-state index is -0.339. The lowest BCUT2D eigenvalue weighted by Gasteiger charge is -2.13. The van der Waals surface area contributed by atoms with E-state index in [1.54, 1.807) is 13.0 Å². The number of hydrogen-bond donors (Lipinski definition) is 1. The number of carbonyl (C=O) groups is 1. The van der Waals surface area contributed by atoms with Crippen LogP contribution in [0.5, 0.6) is 0 Å². The minimum absolute atomic E-state index is 0. The van der Waals surface area contributed by atoms with Crippen LogP contribution in [-0.4, -0.2) is 28.9 Å². The van der Waals surface area contributed by atoms with E-state index in [4.69, 9.17) is 4.74 Å². The number of nitrogens with zero attached hydrogens (tertiary/aromatic N) is 2. The van der Waals surface area contributed by atoms with Gasteiger partial charge in [0, 0.05) is 13.1 Å². The monoisotopic (exact) mass is 231 g/mol. The fourth-order valence-electron chi connectivity index (χ4n) is 1.50. The van der Waals surface area contributed by atoms with Crippen molar-refractivity contribution in [3.63, 3.8) is 0 Å². The van der Waals surface area contributed by atoms with Crippen molar-refractivity contribution < 1.29 is 9.53 Å². The molecule has 0 spiro atoms. The Morgan fingerprint density at radius 2 is 2.53 bits per heavy atom. The highest BCUT2D eigenvalue weighted by Crippen LogP contribution is 2.08. The maximum Gasteiger partial charge on any atom is 0.358 e. The molecular weight excluding hydrogens is 218 g/mol. The molecule has 0 fully saturated rings. The number of fused-ring (bicyclic) bond motifs is 1. The fraction of sp³-hybridized carbons (Fsp3) is 0.556. The molecule has 1 aromatic rings. The average Bonchev–Trinajstić information content (AvgIpc) is 2.61. The summed E-state index contributed by atoms with van der Waals surface area (Å²) < 4.78 is 6.72. The molecule has 0 radical (unpaired) electrons. The van der Waals surface area contributed by atoms with Crippen LogP contribution in [0.4, 0.5) is 0 Å². The summed E-state index contributed by atoms with van der Waals surface area (Å²) in [5.74, 6) is -0.339. The molecule has 0 bridgehead atoms. The number of ether oxygens (including phenoxy) is 1. The molecule has 0 unspecified atom stereocenters. The highest BCUT2D eigenvalue weighted by molar-refractivity contribution is 5.87. The third-order valence-corrected chi connectivity index (χ3v) is 2.15. The van der Waals surface area contributed by atoms with Gasteiger partial charge >= 0.3 is 5.97 Å². The summed E-state index contributed by atoms with van der Waals surface area (Å²) in [6.45, 7) is 4.66. The Bertz CT molecular complexity index is 328. The summed E-state index contributed by atoms with van der Waals surface area (Å²) >= 11 is 0. The van der Waals surface area contributed by atoms with Gasteiger partial charge in [-0.05, 0) is 13.0 Å². The van der Waals surface area contributed by atoms with Crippen molar-refractivity contribution in [3.8, 4) is 0 Å². The van der Waals surface area contributed by atoms with Crippen LogP contribution in [-0.2, 0) is 17.8 Å². The zero-order valence-corrected chi connectivity index (χ0v) is 9.34. The van der Waals surface area contributed by atoms with Gasteiger partial charge < -0.3 is 10.1 Å². The van der Waals surface area contributed by atoms with Crippen molar-refractivity contribution in [1.82, 2.24) is 15.1 Å². The number of nitrogens with one attached hydrogen (secondary N) is 1. The van der Waals surface area contributed by atoms with Crippen molar-refractivity contribution in [3.05, 3.63) is 17.5 Å². The molecule has 84 valence electrons. The smallest absolute Gasteiger partial charge is 0.358 e. The lowest BCUT2D eigenvalue weighted by Crippen LogP contribution is -2.28. The highest BCUT2D eigenvalue weighted by atomic mass is 35.5. The molecule has 2 rings (SSSR count). The van der Waals surface area contributed by atoms with E-state index in [2.05, 4.69) is 10.4 Å². The van der Waals surface area contributed by atoms with E-state index < -0.39 is 0 Å². The summed E-state index contributed by atoms with van der Waals surface area (Å²) in [6.07, 6.45) is 0. The first-order valence-corrected chi connectivity index (χ1v) is 4.76. The summed E-state index contributed by atoms with van der Waals surface area (Å²) in [5.41, 5.74) is 1.45. The first-order valence-electron chi connectivity index (χ1n) is 4.76. The maximum absolute atomic E-state index is 11.3. The lowest BCUT2D eigenvalue weighted by atomic mass is 10.3. The second-order valence-corrected chi connectivity index (χ2v) is 3.14. The number of esters is 1. The first-order chi connectivity index (χ1) is 6.81. The van der Waals surface area contributed by atoms with E-state index in [1.807, 2.05) is 4.68 Å². The van der Waals surface area contributed by atoms with Gasteiger partial charge in [0.05, 0.1) is 18.8 Å². The Balaban J connectivity index is 0.00000112. The summed E-state index contributed by atoms with van der Waals surface area (Å²) in [7, 11) is 0. The highest BCUT2D eigenvalue weighted by Gasteiger charge is 2.16. The van der Waals surface area contributed by atoms with Crippen LogP contribution < -0.4 is 5.32 Å². The van der Waals surface area contributed by atoms with Gasteiger partial charge in [0.1, 0.15) is 0 Å². The third kappa shape index (κ3) is 2.49. The van der Waals surface area contributed by atoms with Crippen molar-refractivity contribution in [2.75, 3.05) is 13.2 Å². The molecular formula is C9H14ClN3O2. The topological polar surface area (TPSA) is 56.2 Å². The molecule has 1 aromatic heterocycles. The van der Waals surface area contributed by atoms with Gasteiger partial charge in [-0.3, -0.25) is 4.68 Å². The van der Waals surface area contributed by atoms with Crippen molar-refractivity contribution in [2.24, 2.45) is 0 Å². The maximum atomic E-state index is 11.3. The Kier molecular flexibility index (Phi) is 4.11. The zero-order chi connectivity index (χ0) is 9.97. The SMILES string of the molecule is CCOC(=O)c1cc2n(n1)CCNC2.Cl. The van der Waals surface area contributed by atoms with Gasteiger partial charge in [0.2, 0.25) is 0 Å². The predicted molar refractivity (Wildman–Crippen MR) is 57.1 cm³/mol. The quantitative estimate of drug-likeness (QED) is 0.757. The largest absolute Gasteiger partial charge is 0.461 e. The lowest BCUT2D eigenvalue weighted by molar-refractivity contribution is 0.0518. The van der Waals surface area contributed by atoms with Crippen LogP contribution in [0.3, 0.4) is 0 Å². The van der Waals surface area contributed by atoms with E-state index in [1.165, 1.54) is 0 Å². The van der Waals surface area contributed by atoms with Gasteiger partial charge in [-0.2, -0.15) is 5.10 Å². The molecule has 1 N–H and O–H groups in total. The number of rotatable bonds is 2. The van der Waals surface area contributed by atoms with Crippen molar-refractivity contribution in [2.45, 2.75) is 20.0 Å². The third-order valence-electron chi connectivity index (χ3n) is 2.15. The van der Waals surface area contributed by atoms with Crippen LogP contribution in [0.15, 0.2) is 6.07 Å². The van der Waals surface area contributed by atoms with Gasteiger partial charge in [0.25, 0.3) is 0 Å². The molecule has 0 saturated heterocycles. The van der Waals surface area contributed by atoms with E-state index in [-0.39, 0.29) is 18.4 Å². The standard InChI is InChI=1S/C9H13N3O2.ClH/c1-2-14-9(13)8-5-7-6-10-3-4-12(7)11-8;/h5,10H,2-4,6H2,1H3;1H. The number of carbonyl (C=O) groups excluding carboxylic acids is 1. The second kappa shape index (κ2) is 5.14. The van der Waals surface area contributed by atoms with Gasteiger partial charge in [-0.25, -0.2) is 4.79 Å². The van der Waals surface area contributed by atoms with Crippen LogP contribution in [0.25, 0.3) is 0 Å². The van der Waals surface area contributed by atoms with Crippen LogP contribution in [0.2, 0.25) is 0 Å². The Labute approximate surface area is 94.2 Å². The van der Waals surface area contributed by atoms with Crippen LogP contribution >= 0.6 is 12.4 Å². The number of halogens is 1. The molecule has 1 aliphatic heterocycles. The first kappa shape index (κ1) is 12.0. The van der Waals surface area contributed by atoms with Gasteiger partial charge in [0.15, 0.2) is 5.69 Å². The minimum Gasteiger partial charge on any atom is -0.461 e. The van der Waals surface area contributed by atoms with E-state index in [0.29, 0.717) is 12.3 Å². The molecule has 6 heteroatoms. The fourth-order valence-corrected chi connectivity index (χ4v) is 1.50. The molecule has 0 aliphatic carbocycles. The van der Waals surface area contributed by atoms with Crippen molar-refractivity contribution in [1.29, 1.82) is 0 Å². The Hall–Kier alpha value is -1.07. The Morgan fingerprint density at radius 3 is 3.20 bits per heavy atom. The predicted octanol–water partition coefficient (Wildman–Crippen LogP) is 0.585. The zero-order valence-electron chi connectivity index (χ0n) is 8.52. The Morgan fingerprint density at radius 1 is 1.73 bits per heavy atom. The van der Waals surface area contributed by atoms with Crippen LogP contribution in [0, 0.1) is 0 Å².